The van der Waals surface area contributed by atoms with E-state index in [9.17, 15) is 13.2 Å². The van der Waals surface area contributed by atoms with Crippen LogP contribution in [0.4, 0.5) is 13.2 Å². The van der Waals surface area contributed by atoms with Gasteiger partial charge in [-0.2, -0.15) is 8.78 Å². The summed E-state index contributed by atoms with van der Waals surface area (Å²) in [7, 11) is 0. The van der Waals surface area contributed by atoms with Gasteiger partial charge in [-0.05, 0) is 25.5 Å². The topological polar surface area (TPSA) is 12.0 Å². The summed E-state index contributed by atoms with van der Waals surface area (Å²) in [5, 5.41) is 2.83. The van der Waals surface area contributed by atoms with Crippen LogP contribution >= 0.6 is 0 Å². The van der Waals surface area contributed by atoms with E-state index >= 15 is 0 Å². The van der Waals surface area contributed by atoms with Gasteiger partial charge in [0.05, 0.1) is 11.6 Å². The number of benzene rings is 1. The smallest absolute Gasteiger partial charge is 0.291 e. The van der Waals surface area contributed by atoms with E-state index in [0.29, 0.717) is 13.0 Å². The van der Waals surface area contributed by atoms with Crippen molar-refractivity contribution >= 4 is 0 Å². The molecule has 0 radical (unpaired) electrons. The van der Waals surface area contributed by atoms with Crippen LogP contribution in [0.25, 0.3) is 0 Å². The van der Waals surface area contributed by atoms with Gasteiger partial charge in [-0.3, -0.25) is 0 Å². The molecular formula is C13H16F3N. The van der Waals surface area contributed by atoms with E-state index in [-0.39, 0.29) is 0 Å². The van der Waals surface area contributed by atoms with Crippen LogP contribution in [-0.4, -0.2) is 12.6 Å². The Balaban J connectivity index is 2.25. The molecule has 94 valence electrons. The minimum atomic E-state index is -3.14. The van der Waals surface area contributed by atoms with Crippen LogP contribution in [0.2, 0.25) is 0 Å². The summed E-state index contributed by atoms with van der Waals surface area (Å²) in [5.74, 6) is -3.97. The average Bonchev–Trinajstić information content (AvgIpc) is 2.58. The van der Waals surface area contributed by atoms with Gasteiger partial charge in [0.1, 0.15) is 5.82 Å². The third-order valence-corrected chi connectivity index (χ3v) is 3.23. The van der Waals surface area contributed by atoms with Crippen LogP contribution in [0.5, 0.6) is 0 Å². The molecule has 1 aliphatic rings. The number of alkyl halides is 2. The lowest BCUT2D eigenvalue weighted by molar-refractivity contribution is -0.0477. The van der Waals surface area contributed by atoms with Crippen molar-refractivity contribution in [3.05, 3.63) is 35.6 Å². The molecule has 2 rings (SSSR count). The fraction of sp³-hybridized carbons (Fsp3) is 0.538. The molecule has 1 unspecified atom stereocenters. The fourth-order valence-corrected chi connectivity index (χ4v) is 2.26. The first-order valence-corrected chi connectivity index (χ1v) is 5.98. The van der Waals surface area contributed by atoms with E-state index in [1.807, 2.05) is 0 Å². The Morgan fingerprint density at radius 3 is 2.65 bits per heavy atom. The van der Waals surface area contributed by atoms with Crippen LogP contribution in [0, 0.1) is 5.82 Å². The van der Waals surface area contributed by atoms with Crippen LogP contribution in [0.3, 0.4) is 0 Å². The standard InChI is InChI=1S/C13H16F3N/c14-11-7-4-3-6-10(11)13(15,16)12-8-2-1-5-9-17-12/h3-4,6-7,12,17H,1-2,5,8-9H2. The normalized spacial score (nSPS) is 22.2. The molecule has 0 bridgehead atoms. The second-order valence-corrected chi connectivity index (χ2v) is 4.46. The van der Waals surface area contributed by atoms with Gasteiger partial charge >= 0.3 is 0 Å². The molecule has 1 fully saturated rings. The minimum Gasteiger partial charge on any atom is -0.308 e. The fourth-order valence-electron chi connectivity index (χ4n) is 2.26. The zero-order valence-electron chi connectivity index (χ0n) is 9.56. The first kappa shape index (κ1) is 12.4. The third kappa shape index (κ3) is 2.63. The molecule has 1 nitrogen and oxygen atoms in total. The van der Waals surface area contributed by atoms with Gasteiger partial charge in [0.25, 0.3) is 5.92 Å². The Morgan fingerprint density at radius 1 is 1.12 bits per heavy atom. The highest BCUT2D eigenvalue weighted by atomic mass is 19.3. The predicted octanol–water partition coefficient (Wildman–Crippen LogP) is 3.45. The quantitative estimate of drug-likeness (QED) is 0.838. The predicted molar refractivity (Wildman–Crippen MR) is 60.6 cm³/mol. The van der Waals surface area contributed by atoms with Gasteiger partial charge in [0.2, 0.25) is 0 Å². The molecule has 1 heterocycles. The van der Waals surface area contributed by atoms with Gasteiger partial charge in [0, 0.05) is 0 Å². The maximum atomic E-state index is 14.2. The summed E-state index contributed by atoms with van der Waals surface area (Å²) < 4.78 is 41.8. The zero-order valence-corrected chi connectivity index (χ0v) is 9.56. The second kappa shape index (κ2) is 5.08. The number of halogens is 3. The summed E-state index contributed by atoms with van der Waals surface area (Å²) in [6.45, 7) is 0.578. The van der Waals surface area contributed by atoms with Crippen LogP contribution in [0.1, 0.15) is 31.2 Å². The molecule has 1 N–H and O–H groups in total. The Kier molecular flexibility index (Phi) is 3.72. The Bertz CT molecular complexity index is 371. The van der Waals surface area contributed by atoms with E-state index in [4.69, 9.17) is 0 Å². The summed E-state index contributed by atoms with van der Waals surface area (Å²) in [6.07, 6.45) is 3.02. The SMILES string of the molecule is Fc1ccccc1C(F)(F)C1CCCCCN1. The molecule has 1 saturated heterocycles. The monoisotopic (exact) mass is 243 g/mol. The molecule has 1 atom stereocenters. The van der Waals surface area contributed by atoms with Crippen molar-refractivity contribution in [1.82, 2.24) is 5.32 Å². The Morgan fingerprint density at radius 2 is 1.88 bits per heavy atom. The molecule has 0 spiro atoms. The van der Waals surface area contributed by atoms with Crippen molar-refractivity contribution in [2.24, 2.45) is 0 Å². The van der Waals surface area contributed by atoms with Crippen molar-refractivity contribution in [1.29, 1.82) is 0 Å². The average molecular weight is 243 g/mol. The molecule has 4 heteroatoms. The Hall–Kier alpha value is -1.03. The summed E-state index contributed by atoms with van der Waals surface area (Å²) in [4.78, 5) is 0. The molecule has 1 aliphatic heterocycles. The highest BCUT2D eigenvalue weighted by Crippen LogP contribution is 2.36. The van der Waals surface area contributed by atoms with Gasteiger partial charge < -0.3 is 5.32 Å². The lowest BCUT2D eigenvalue weighted by Gasteiger charge is -2.27. The first-order valence-electron chi connectivity index (χ1n) is 5.98. The molecule has 1 aromatic carbocycles. The van der Waals surface area contributed by atoms with Gasteiger partial charge in [-0.1, -0.05) is 31.0 Å². The van der Waals surface area contributed by atoms with Crippen LogP contribution in [0.15, 0.2) is 24.3 Å². The van der Waals surface area contributed by atoms with E-state index in [1.165, 1.54) is 18.2 Å². The van der Waals surface area contributed by atoms with Crippen molar-refractivity contribution in [2.75, 3.05) is 6.54 Å². The molecule has 17 heavy (non-hydrogen) atoms. The summed E-state index contributed by atoms with van der Waals surface area (Å²) >= 11 is 0. The van der Waals surface area contributed by atoms with Crippen LogP contribution < -0.4 is 5.32 Å². The van der Waals surface area contributed by atoms with E-state index in [0.717, 1.165) is 25.3 Å². The maximum Gasteiger partial charge on any atom is 0.291 e. The number of hydrogen-bond acceptors (Lipinski definition) is 1. The molecule has 1 aromatic rings. The lowest BCUT2D eigenvalue weighted by atomic mass is 9.97. The van der Waals surface area contributed by atoms with Gasteiger partial charge in [-0.25, -0.2) is 4.39 Å². The number of nitrogens with one attached hydrogen (secondary N) is 1. The second-order valence-electron chi connectivity index (χ2n) is 4.46. The maximum absolute atomic E-state index is 14.2. The van der Waals surface area contributed by atoms with E-state index in [1.54, 1.807) is 0 Å². The number of rotatable bonds is 2. The third-order valence-electron chi connectivity index (χ3n) is 3.23. The van der Waals surface area contributed by atoms with Crippen molar-refractivity contribution in [2.45, 2.75) is 37.6 Å². The van der Waals surface area contributed by atoms with Crippen molar-refractivity contribution in [3.63, 3.8) is 0 Å². The minimum absolute atomic E-state index is 0.390. The van der Waals surface area contributed by atoms with Crippen LogP contribution in [-0.2, 0) is 5.92 Å². The summed E-state index contributed by atoms with van der Waals surface area (Å²) in [6, 6.07) is 4.17. The molecule has 0 aromatic heterocycles. The van der Waals surface area contributed by atoms with E-state index < -0.39 is 23.3 Å². The highest BCUT2D eigenvalue weighted by molar-refractivity contribution is 5.24. The highest BCUT2D eigenvalue weighted by Gasteiger charge is 2.42. The first-order chi connectivity index (χ1) is 8.12. The largest absolute Gasteiger partial charge is 0.308 e. The number of hydrogen-bond donors (Lipinski definition) is 1. The lowest BCUT2D eigenvalue weighted by Crippen LogP contribution is -2.43. The molecule has 0 saturated carbocycles. The Labute approximate surface area is 99.0 Å². The molecule has 0 aliphatic carbocycles. The van der Waals surface area contributed by atoms with Gasteiger partial charge in [0.15, 0.2) is 0 Å². The van der Waals surface area contributed by atoms with Gasteiger partial charge in [-0.15, -0.1) is 0 Å². The van der Waals surface area contributed by atoms with Crippen molar-refractivity contribution < 1.29 is 13.2 Å². The molecular weight excluding hydrogens is 227 g/mol. The van der Waals surface area contributed by atoms with E-state index in [2.05, 4.69) is 5.32 Å². The summed E-state index contributed by atoms with van der Waals surface area (Å²) in [5.41, 5.74) is -0.501. The van der Waals surface area contributed by atoms with Crippen molar-refractivity contribution in [3.8, 4) is 0 Å². The molecule has 0 amide bonds. The zero-order chi connectivity index (χ0) is 12.3.